The zero-order chi connectivity index (χ0) is 50.0. The van der Waals surface area contributed by atoms with E-state index in [0.717, 1.165) is 96.3 Å². The Labute approximate surface area is 428 Å². The first-order valence-electron chi connectivity index (χ1n) is 29.8. The van der Waals surface area contributed by atoms with Gasteiger partial charge in [0.15, 0.2) is 6.10 Å². The van der Waals surface area contributed by atoms with E-state index in [1.165, 1.54) is 167 Å². The maximum absolute atomic E-state index is 12.9. The van der Waals surface area contributed by atoms with E-state index in [1.54, 1.807) is 0 Å². The number of hydrogen-bond donors (Lipinski definition) is 0. The maximum atomic E-state index is 12.9. The van der Waals surface area contributed by atoms with Crippen LogP contribution in [0, 0.1) is 0 Å². The van der Waals surface area contributed by atoms with Gasteiger partial charge in [0.05, 0.1) is 0 Å². The SMILES string of the molecule is CC/C=C\C/C=C\C/C=C\C/C=C\C/C=C\CCCCCC(=O)OC[C@@H](COC(=O)CCCCCCCCCCCCCCCC)OC(=O)CCCCCCCCCCCCCCCCCCCC. The molecular weight excluding hydrogens is 853 g/mol. The van der Waals surface area contributed by atoms with E-state index in [2.05, 4.69) is 81.5 Å². The second-order valence-corrected chi connectivity index (χ2v) is 19.9. The summed E-state index contributed by atoms with van der Waals surface area (Å²) in [6, 6.07) is 0. The lowest BCUT2D eigenvalue weighted by Gasteiger charge is -2.18. The summed E-state index contributed by atoms with van der Waals surface area (Å²) in [5, 5.41) is 0. The first-order chi connectivity index (χ1) is 34.0. The highest BCUT2D eigenvalue weighted by Crippen LogP contribution is 2.17. The molecule has 400 valence electrons. The molecule has 0 saturated heterocycles. The zero-order valence-corrected chi connectivity index (χ0v) is 45.8. The van der Waals surface area contributed by atoms with Crippen LogP contribution in [0.2, 0.25) is 0 Å². The van der Waals surface area contributed by atoms with Crippen molar-refractivity contribution in [3.63, 3.8) is 0 Å². The van der Waals surface area contributed by atoms with Crippen LogP contribution in [0.5, 0.6) is 0 Å². The molecule has 1 atom stereocenters. The van der Waals surface area contributed by atoms with Crippen molar-refractivity contribution >= 4 is 17.9 Å². The number of allylic oxidation sites excluding steroid dienone is 10. The maximum Gasteiger partial charge on any atom is 0.306 e. The molecule has 0 fully saturated rings. The molecule has 6 heteroatoms. The second-order valence-electron chi connectivity index (χ2n) is 19.9. The van der Waals surface area contributed by atoms with E-state index in [-0.39, 0.29) is 31.1 Å². The molecular formula is C63H112O6. The van der Waals surface area contributed by atoms with Crippen LogP contribution >= 0.6 is 0 Å². The number of esters is 3. The van der Waals surface area contributed by atoms with E-state index in [9.17, 15) is 14.4 Å². The summed E-state index contributed by atoms with van der Waals surface area (Å²) in [5.74, 6) is -0.897. The molecule has 0 N–H and O–H groups in total. The van der Waals surface area contributed by atoms with Gasteiger partial charge in [-0.1, -0.05) is 281 Å². The summed E-state index contributed by atoms with van der Waals surface area (Å²) >= 11 is 0. The topological polar surface area (TPSA) is 78.9 Å². The molecule has 6 nitrogen and oxygen atoms in total. The van der Waals surface area contributed by atoms with Gasteiger partial charge >= 0.3 is 17.9 Å². The monoisotopic (exact) mass is 965 g/mol. The minimum absolute atomic E-state index is 0.0805. The van der Waals surface area contributed by atoms with Crippen LogP contribution in [0.25, 0.3) is 0 Å². The van der Waals surface area contributed by atoms with E-state index >= 15 is 0 Å². The highest BCUT2D eigenvalue weighted by molar-refractivity contribution is 5.71. The van der Waals surface area contributed by atoms with Crippen LogP contribution in [0.15, 0.2) is 60.8 Å². The van der Waals surface area contributed by atoms with Gasteiger partial charge < -0.3 is 14.2 Å². The molecule has 0 bridgehead atoms. The Morgan fingerprint density at radius 2 is 0.565 bits per heavy atom. The fourth-order valence-corrected chi connectivity index (χ4v) is 8.59. The Balaban J connectivity index is 4.40. The number of hydrogen-bond acceptors (Lipinski definition) is 6. The Hall–Kier alpha value is -2.89. The normalized spacial score (nSPS) is 12.4. The van der Waals surface area contributed by atoms with E-state index < -0.39 is 6.10 Å². The molecule has 69 heavy (non-hydrogen) atoms. The molecule has 0 aromatic rings. The van der Waals surface area contributed by atoms with Crippen molar-refractivity contribution in [2.75, 3.05) is 13.2 Å². The molecule has 0 aliphatic rings. The molecule has 0 amide bonds. The average Bonchev–Trinajstić information content (AvgIpc) is 3.35. The third kappa shape index (κ3) is 55.9. The first kappa shape index (κ1) is 66.1. The molecule has 0 aliphatic heterocycles. The Bertz CT molecular complexity index is 1250. The molecule has 0 spiro atoms. The van der Waals surface area contributed by atoms with Gasteiger partial charge in [-0.15, -0.1) is 0 Å². The predicted molar refractivity (Wildman–Crippen MR) is 298 cm³/mol. The van der Waals surface area contributed by atoms with Crippen LogP contribution in [0.4, 0.5) is 0 Å². The number of rotatable bonds is 54. The zero-order valence-electron chi connectivity index (χ0n) is 45.8. The first-order valence-corrected chi connectivity index (χ1v) is 29.8. The van der Waals surface area contributed by atoms with Crippen molar-refractivity contribution in [3.8, 4) is 0 Å². The highest BCUT2D eigenvalue weighted by Gasteiger charge is 2.19. The van der Waals surface area contributed by atoms with Gasteiger partial charge in [-0.25, -0.2) is 0 Å². The van der Waals surface area contributed by atoms with Crippen LogP contribution in [0.3, 0.4) is 0 Å². The third-order valence-electron chi connectivity index (χ3n) is 13.0. The quantitative estimate of drug-likeness (QED) is 0.0262. The molecule has 0 radical (unpaired) electrons. The molecule has 0 heterocycles. The van der Waals surface area contributed by atoms with Crippen molar-refractivity contribution < 1.29 is 28.6 Å². The number of carbonyl (C=O) groups is 3. The third-order valence-corrected chi connectivity index (χ3v) is 13.0. The lowest BCUT2D eigenvalue weighted by molar-refractivity contribution is -0.167. The summed E-state index contributed by atoms with van der Waals surface area (Å²) in [5.41, 5.74) is 0. The summed E-state index contributed by atoms with van der Waals surface area (Å²) in [7, 11) is 0. The van der Waals surface area contributed by atoms with Gasteiger partial charge in [-0.05, 0) is 64.2 Å². The largest absolute Gasteiger partial charge is 0.462 e. The minimum Gasteiger partial charge on any atom is -0.462 e. The van der Waals surface area contributed by atoms with Crippen molar-refractivity contribution in [2.45, 2.75) is 309 Å². The predicted octanol–water partition coefficient (Wildman–Crippen LogP) is 20.0. The van der Waals surface area contributed by atoms with Crippen LogP contribution < -0.4 is 0 Å². The Kier molecular flexibility index (Phi) is 55.3. The number of carbonyl (C=O) groups excluding carboxylic acids is 3. The number of unbranched alkanes of at least 4 members (excludes halogenated alkanes) is 33. The summed E-state index contributed by atoms with van der Waals surface area (Å²) in [6.07, 6.45) is 72.1. The van der Waals surface area contributed by atoms with E-state index in [1.807, 2.05) is 0 Å². The van der Waals surface area contributed by atoms with Crippen molar-refractivity contribution in [1.82, 2.24) is 0 Å². The minimum atomic E-state index is -0.785. The van der Waals surface area contributed by atoms with E-state index in [0.29, 0.717) is 19.3 Å². The van der Waals surface area contributed by atoms with Gasteiger partial charge in [-0.2, -0.15) is 0 Å². The fourth-order valence-electron chi connectivity index (χ4n) is 8.59. The Morgan fingerprint density at radius 3 is 0.884 bits per heavy atom. The van der Waals surface area contributed by atoms with Crippen molar-refractivity contribution in [1.29, 1.82) is 0 Å². The fraction of sp³-hybridized carbons (Fsp3) is 0.794. The second kappa shape index (κ2) is 57.7. The van der Waals surface area contributed by atoms with Crippen molar-refractivity contribution in [2.24, 2.45) is 0 Å². The van der Waals surface area contributed by atoms with Gasteiger partial charge in [0.1, 0.15) is 13.2 Å². The van der Waals surface area contributed by atoms with Gasteiger partial charge in [-0.3, -0.25) is 14.4 Å². The van der Waals surface area contributed by atoms with Crippen molar-refractivity contribution in [3.05, 3.63) is 60.8 Å². The van der Waals surface area contributed by atoms with Crippen LogP contribution in [-0.4, -0.2) is 37.2 Å². The molecule has 0 rings (SSSR count). The summed E-state index contributed by atoms with van der Waals surface area (Å²) in [4.78, 5) is 38.2. The van der Waals surface area contributed by atoms with Gasteiger partial charge in [0.25, 0.3) is 0 Å². The lowest BCUT2D eigenvalue weighted by atomic mass is 10.0. The molecule has 0 saturated carbocycles. The van der Waals surface area contributed by atoms with E-state index in [4.69, 9.17) is 14.2 Å². The average molecular weight is 966 g/mol. The molecule has 0 aliphatic carbocycles. The van der Waals surface area contributed by atoms with Gasteiger partial charge in [0, 0.05) is 19.3 Å². The number of ether oxygens (including phenoxy) is 3. The highest BCUT2D eigenvalue weighted by atomic mass is 16.6. The lowest BCUT2D eigenvalue weighted by Crippen LogP contribution is -2.30. The Morgan fingerprint density at radius 1 is 0.304 bits per heavy atom. The van der Waals surface area contributed by atoms with Gasteiger partial charge in [0.2, 0.25) is 0 Å². The molecule has 0 aromatic heterocycles. The molecule has 0 unspecified atom stereocenters. The summed E-state index contributed by atoms with van der Waals surface area (Å²) in [6.45, 7) is 6.54. The van der Waals surface area contributed by atoms with Crippen LogP contribution in [-0.2, 0) is 28.6 Å². The summed E-state index contributed by atoms with van der Waals surface area (Å²) < 4.78 is 16.9. The van der Waals surface area contributed by atoms with Crippen LogP contribution in [0.1, 0.15) is 303 Å². The molecule has 0 aromatic carbocycles. The standard InChI is InChI=1S/C63H112O6/c1-4-7-10-13-16-19-22-25-28-30-32-34-35-38-41-44-47-50-53-56-62(65)68-59-60(58-67-61(64)55-52-49-46-43-40-37-27-24-21-18-15-12-9-6-3)69-63(66)57-54-51-48-45-42-39-36-33-31-29-26-23-20-17-14-11-8-5-2/h7,10,16,19,25,28,32,34,38,41,60H,4-6,8-9,11-15,17-18,20-24,26-27,29-31,33,35-37,39-40,42-59H2,1-3H3/b10-7-,19-16-,28-25-,34-32-,41-38-/t60-/m1/s1. The smallest absolute Gasteiger partial charge is 0.306 e.